The Balaban J connectivity index is 1.63. The SMILES string of the molecule is O=C(c1cccc(F)c1Cl)N1CCC(C2CCCN2)CC1. The summed E-state index contributed by atoms with van der Waals surface area (Å²) in [5.41, 5.74) is 0.272. The van der Waals surface area contributed by atoms with Crippen molar-refractivity contribution in [2.45, 2.75) is 31.7 Å². The molecule has 2 fully saturated rings. The molecule has 0 spiro atoms. The van der Waals surface area contributed by atoms with Crippen LogP contribution in [-0.2, 0) is 0 Å². The number of amides is 1. The predicted molar refractivity (Wildman–Crippen MR) is 81.1 cm³/mol. The van der Waals surface area contributed by atoms with Gasteiger partial charge in [-0.2, -0.15) is 0 Å². The number of carbonyl (C=O) groups is 1. The summed E-state index contributed by atoms with van der Waals surface area (Å²) < 4.78 is 13.5. The normalized spacial score (nSPS) is 23.5. The highest BCUT2D eigenvalue weighted by molar-refractivity contribution is 6.34. The summed E-state index contributed by atoms with van der Waals surface area (Å²) in [4.78, 5) is 14.3. The summed E-state index contributed by atoms with van der Waals surface area (Å²) in [6, 6.07) is 5.01. The molecule has 2 heterocycles. The summed E-state index contributed by atoms with van der Waals surface area (Å²) in [5.74, 6) is -0.0376. The van der Waals surface area contributed by atoms with Gasteiger partial charge in [0.05, 0.1) is 10.6 Å². The van der Waals surface area contributed by atoms with Crippen LogP contribution in [0.3, 0.4) is 0 Å². The van der Waals surface area contributed by atoms with E-state index in [0.717, 1.165) is 32.5 Å². The molecule has 0 radical (unpaired) electrons. The molecule has 1 amide bonds. The van der Waals surface area contributed by atoms with Gasteiger partial charge in [-0.25, -0.2) is 4.39 Å². The van der Waals surface area contributed by atoms with Crippen LogP contribution < -0.4 is 5.32 Å². The molecule has 2 saturated heterocycles. The number of hydrogen-bond donors (Lipinski definition) is 1. The molecule has 1 atom stereocenters. The Hall–Kier alpha value is -1.13. The number of hydrogen-bond acceptors (Lipinski definition) is 2. The van der Waals surface area contributed by atoms with Gasteiger partial charge in [-0.15, -0.1) is 0 Å². The van der Waals surface area contributed by atoms with E-state index in [-0.39, 0.29) is 16.5 Å². The molecule has 21 heavy (non-hydrogen) atoms. The first kappa shape index (κ1) is 14.8. The Kier molecular flexibility index (Phi) is 4.45. The molecular weight excluding hydrogens is 291 g/mol. The van der Waals surface area contributed by atoms with Crippen molar-refractivity contribution in [2.24, 2.45) is 5.92 Å². The zero-order valence-corrected chi connectivity index (χ0v) is 12.7. The average molecular weight is 311 g/mol. The van der Waals surface area contributed by atoms with Crippen molar-refractivity contribution in [3.8, 4) is 0 Å². The highest BCUT2D eigenvalue weighted by Crippen LogP contribution is 2.28. The average Bonchev–Trinajstić information content (AvgIpc) is 3.04. The molecule has 1 N–H and O–H groups in total. The molecule has 0 saturated carbocycles. The number of halogens is 2. The highest BCUT2D eigenvalue weighted by Gasteiger charge is 2.30. The van der Waals surface area contributed by atoms with Gasteiger partial charge in [0.25, 0.3) is 5.91 Å². The van der Waals surface area contributed by atoms with Gasteiger partial charge in [-0.3, -0.25) is 4.79 Å². The Morgan fingerprint density at radius 3 is 2.71 bits per heavy atom. The number of carbonyl (C=O) groups excluding carboxylic acids is 1. The minimum Gasteiger partial charge on any atom is -0.339 e. The van der Waals surface area contributed by atoms with Crippen molar-refractivity contribution in [1.82, 2.24) is 10.2 Å². The van der Waals surface area contributed by atoms with Crippen LogP contribution >= 0.6 is 11.6 Å². The summed E-state index contributed by atoms with van der Waals surface area (Å²) in [6.07, 6.45) is 4.52. The highest BCUT2D eigenvalue weighted by atomic mass is 35.5. The van der Waals surface area contributed by atoms with Crippen LogP contribution in [0.15, 0.2) is 18.2 Å². The van der Waals surface area contributed by atoms with Crippen LogP contribution in [0.4, 0.5) is 4.39 Å². The van der Waals surface area contributed by atoms with E-state index in [0.29, 0.717) is 12.0 Å². The molecule has 1 unspecified atom stereocenters. The number of nitrogens with zero attached hydrogens (tertiary/aromatic N) is 1. The van der Waals surface area contributed by atoms with Crippen LogP contribution in [0.1, 0.15) is 36.0 Å². The molecule has 2 aliphatic heterocycles. The summed E-state index contributed by atoms with van der Waals surface area (Å²) in [5, 5.41) is 3.48. The molecule has 1 aromatic carbocycles. The lowest BCUT2D eigenvalue weighted by Crippen LogP contribution is -2.43. The maximum Gasteiger partial charge on any atom is 0.255 e. The molecule has 114 valence electrons. The quantitative estimate of drug-likeness (QED) is 0.910. The van der Waals surface area contributed by atoms with E-state index in [2.05, 4.69) is 5.32 Å². The lowest BCUT2D eigenvalue weighted by Gasteiger charge is -2.35. The molecular formula is C16H20ClFN2O. The molecule has 0 bridgehead atoms. The first-order valence-electron chi connectivity index (χ1n) is 7.63. The second kappa shape index (κ2) is 6.32. The maximum atomic E-state index is 13.5. The van der Waals surface area contributed by atoms with Gasteiger partial charge in [0, 0.05) is 19.1 Å². The Morgan fingerprint density at radius 2 is 2.05 bits per heavy atom. The minimum absolute atomic E-state index is 0.0675. The van der Waals surface area contributed by atoms with E-state index in [1.165, 1.54) is 25.0 Å². The van der Waals surface area contributed by atoms with Gasteiger partial charge in [0.2, 0.25) is 0 Å². The van der Waals surface area contributed by atoms with Crippen molar-refractivity contribution in [1.29, 1.82) is 0 Å². The predicted octanol–water partition coefficient (Wildman–Crippen LogP) is 3.08. The minimum atomic E-state index is -0.535. The Labute approximate surface area is 129 Å². The fourth-order valence-corrected chi connectivity index (χ4v) is 3.66. The van der Waals surface area contributed by atoms with Gasteiger partial charge >= 0.3 is 0 Å². The number of likely N-dealkylation sites (tertiary alicyclic amines) is 1. The maximum absolute atomic E-state index is 13.5. The molecule has 2 aliphatic rings. The number of nitrogens with one attached hydrogen (secondary N) is 1. The van der Waals surface area contributed by atoms with Crippen LogP contribution in [0, 0.1) is 11.7 Å². The first-order chi connectivity index (χ1) is 10.2. The van der Waals surface area contributed by atoms with E-state index in [4.69, 9.17) is 11.6 Å². The lowest BCUT2D eigenvalue weighted by atomic mass is 9.88. The number of rotatable bonds is 2. The van der Waals surface area contributed by atoms with Crippen molar-refractivity contribution in [3.63, 3.8) is 0 Å². The van der Waals surface area contributed by atoms with Gasteiger partial charge in [0.15, 0.2) is 0 Å². The van der Waals surface area contributed by atoms with Crippen LogP contribution in [0.5, 0.6) is 0 Å². The van der Waals surface area contributed by atoms with Gasteiger partial charge < -0.3 is 10.2 Å². The van der Waals surface area contributed by atoms with Crippen LogP contribution in [0.25, 0.3) is 0 Å². The van der Waals surface area contributed by atoms with E-state index in [9.17, 15) is 9.18 Å². The monoisotopic (exact) mass is 310 g/mol. The fraction of sp³-hybridized carbons (Fsp3) is 0.562. The molecule has 0 aliphatic carbocycles. The molecule has 1 aromatic rings. The van der Waals surface area contributed by atoms with Crippen molar-refractivity contribution >= 4 is 17.5 Å². The first-order valence-corrected chi connectivity index (χ1v) is 8.01. The van der Waals surface area contributed by atoms with Crippen LogP contribution in [0.2, 0.25) is 5.02 Å². The topological polar surface area (TPSA) is 32.3 Å². The van der Waals surface area contributed by atoms with Crippen molar-refractivity contribution in [3.05, 3.63) is 34.6 Å². The summed E-state index contributed by atoms with van der Waals surface area (Å²) in [7, 11) is 0. The van der Waals surface area contributed by atoms with Gasteiger partial charge in [-0.05, 0) is 50.3 Å². The van der Waals surface area contributed by atoms with Crippen molar-refractivity contribution in [2.75, 3.05) is 19.6 Å². The Morgan fingerprint density at radius 1 is 1.29 bits per heavy atom. The van der Waals surface area contributed by atoms with E-state index in [1.807, 2.05) is 0 Å². The second-order valence-electron chi connectivity index (χ2n) is 5.93. The van der Waals surface area contributed by atoms with Crippen LogP contribution in [-0.4, -0.2) is 36.5 Å². The lowest BCUT2D eigenvalue weighted by molar-refractivity contribution is 0.0674. The zero-order chi connectivity index (χ0) is 14.8. The van der Waals surface area contributed by atoms with Crippen molar-refractivity contribution < 1.29 is 9.18 Å². The zero-order valence-electron chi connectivity index (χ0n) is 11.9. The summed E-state index contributed by atoms with van der Waals surface area (Å²) >= 11 is 5.91. The number of benzene rings is 1. The second-order valence-corrected chi connectivity index (χ2v) is 6.31. The van der Waals surface area contributed by atoms with Gasteiger partial charge in [-0.1, -0.05) is 17.7 Å². The molecule has 3 nitrogen and oxygen atoms in total. The standard InChI is InChI=1S/C16H20ClFN2O/c17-15-12(3-1-4-13(15)18)16(21)20-9-6-11(7-10-20)14-5-2-8-19-14/h1,3-4,11,14,19H,2,5-10H2. The number of piperidine rings is 1. The third-order valence-corrected chi connectivity index (χ3v) is 5.06. The molecule has 3 rings (SSSR count). The van der Waals surface area contributed by atoms with E-state index in [1.54, 1.807) is 11.0 Å². The third-order valence-electron chi connectivity index (χ3n) is 4.68. The third kappa shape index (κ3) is 3.06. The summed E-state index contributed by atoms with van der Waals surface area (Å²) in [6.45, 7) is 2.58. The van der Waals surface area contributed by atoms with E-state index < -0.39 is 5.82 Å². The Bertz CT molecular complexity index is 523. The molecule has 0 aromatic heterocycles. The van der Waals surface area contributed by atoms with Gasteiger partial charge in [0.1, 0.15) is 5.82 Å². The molecule has 5 heteroatoms. The fourth-order valence-electron chi connectivity index (χ4n) is 3.46. The largest absolute Gasteiger partial charge is 0.339 e. The smallest absolute Gasteiger partial charge is 0.255 e. The van der Waals surface area contributed by atoms with E-state index >= 15 is 0 Å².